The molecule has 0 amide bonds. The van der Waals surface area contributed by atoms with Gasteiger partial charge in [0, 0.05) is 23.8 Å². The summed E-state index contributed by atoms with van der Waals surface area (Å²) in [7, 11) is 0. The molecule has 1 aromatic rings. The van der Waals surface area contributed by atoms with Gasteiger partial charge in [-0.15, -0.1) is 0 Å². The standard InChI is InChI=1S/C14H21ClN2O2/c1-3-16(4-2)9-10-17(11-14(18)19)13-7-5-12(15)6-8-13/h5-8H,3-4,9-11H2,1-2H3,(H,18,19). The smallest absolute Gasteiger partial charge is 0.323 e. The van der Waals surface area contributed by atoms with Crippen molar-refractivity contribution in [3.63, 3.8) is 0 Å². The summed E-state index contributed by atoms with van der Waals surface area (Å²) >= 11 is 5.85. The van der Waals surface area contributed by atoms with E-state index in [1.807, 2.05) is 17.0 Å². The fourth-order valence-corrected chi connectivity index (χ4v) is 2.04. The van der Waals surface area contributed by atoms with Gasteiger partial charge in [-0.25, -0.2) is 0 Å². The molecule has 0 atom stereocenters. The molecule has 0 unspecified atom stereocenters. The quantitative estimate of drug-likeness (QED) is 0.797. The maximum atomic E-state index is 11.0. The number of carboxylic acids is 1. The monoisotopic (exact) mass is 284 g/mol. The number of aliphatic carboxylic acids is 1. The Morgan fingerprint density at radius 1 is 1.16 bits per heavy atom. The fourth-order valence-electron chi connectivity index (χ4n) is 1.92. The Kier molecular flexibility index (Phi) is 6.67. The molecule has 0 aliphatic carbocycles. The number of anilines is 1. The van der Waals surface area contributed by atoms with E-state index in [2.05, 4.69) is 18.7 Å². The number of nitrogens with zero attached hydrogens (tertiary/aromatic N) is 2. The molecule has 5 heteroatoms. The molecule has 1 rings (SSSR count). The van der Waals surface area contributed by atoms with E-state index in [1.54, 1.807) is 12.1 Å². The van der Waals surface area contributed by atoms with Crippen LogP contribution in [0.1, 0.15) is 13.8 Å². The minimum atomic E-state index is -0.825. The van der Waals surface area contributed by atoms with Gasteiger partial charge < -0.3 is 14.9 Å². The summed E-state index contributed by atoms with van der Waals surface area (Å²) in [6, 6.07) is 7.27. The predicted molar refractivity (Wildman–Crippen MR) is 79.1 cm³/mol. The van der Waals surface area contributed by atoms with E-state index in [-0.39, 0.29) is 6.54 Å². The van der Waals surface area contributed by atoms with Crippen LogP contribution in [0.4, 0.5) is 5.69 Å². The summed E-state index contributed by atoms with van der Waals surface area (Å²) in [5, 5.41) is 9.65. The second kappa shape index (κ2) is 8.02. The topological polar surface area (TPSA) is 43.8 Å². The van der Waals surface area contributed by atoms with E-state index >= 15 is 0 Å². The first-order valence-corrected chi connectivity index (χ1v) is 6.89. The van der Waals surface area contributed by atoms with Crippen molar-refractivity contribution in [2.75, 3.05) is 37.6 Å². The Balaban J connectivity index is 2.71. The lowest BCUT2D eigenvalue weighted by Crippen LogP contribution is -2.37. The van der Waals surface area contributed by atoms with Crippen LogP contribution in [0.25, 0.3) is 0 Å². The van der Waals surface area contributed by atoms with Crippen molar-refractivity contribution in [2.24, 2.45) is 0 Å². The van der Waals surface area contributed by atoms with Gasteiger partial charge >= 0.3 is 5.97 Å². The van der Waals surface area contributed by atoms with Gasteiger partial charge in [0.25, 0.3) is 0 Å². The number of halogens is 1. The van der Waals surface area contributed by atoms with Gasteiger partial charge in [-0.2, -0.15) is 0 Å². The van der Waals surface area contributed by atoms with Crippen molar-refractivity contribution in [3.05, 3.63) is 29.3 Å². The normalized spacial score (nSPS) is 10.7. The fraction of sp³-hybridized carbons (Fsp3) is 0.500. The highest BCUT2D eigenvalue weighted by Gasteiger charge is 2.11. The maximum absolute atomic E-state index is 11.0. The van der Waals surface area contributed by atoms with E-state index in [1.165, 1.54) is 0 Å². The SMILES string of the molecule is CCN(CC)CCN(CC(=O)O)c1ccc(Cl)cc1. The number of rotatable bonds is 8. The Morgan fingerprint density at radius 3 is 2.21 bits per heavy atom. The molecule has 0 saturated carbocycles. The molecule has 0 spiro atoms. The van der Waals surface area contributed by atoms with E-state index in [4.69, 9.17) is 16.7 Å². The summed E-state index contributed by atoms with van der Waals surface area (Å²) < 4.78 is 0. The lowest BCUT2D eigenvalue weighted by atomic mass is 10.2. The number of benzene rings is 1. The molecule has 0 fully saturated rings. The minimum absolute atomic E-state index is 0.00288. The van der Waals surface area contributed by atoms with E-state index in [0.717, 1.165) is 25.3 Å². The average molecular weight is 285 g/mol. The Morgan fingerprint density at radius 2 is 1.74 bits per heavy atom. The molecule has 19 heavy (non-hydrogen) atoms. The Hall–Kier alpha value is -1.26. The first kappa shape index (κ1) is 15.8. The molecule has 1 aromatic carbocycles. The van der Waals surface area contributed by atoms with Gasteiger partial charge in [0.15, 0.2) is 0 Å². The van der Waals surface area contributed by atoms with Crippen LogP contribution >= 0.6 is 11.6 Å². The van der Waals surface area contributed by atoms with Gasteiger partial charge in [0.05, 0.1) is 0 Å². The maximum Gasteiger partial charge on any atom is 0.323 e. The van der Waals surface area contributed by atoms with Crippen LogP contribution < -0.4 is 4.90 Å². The van der Waals surface area contributed by atoms with Gasteiger partial charge in [-0.1, -0.05) is 25.4 Å². The molecule has 0 bridgehead atoms. The molecule has 0 aliphatic rings. The molecular weight excluding hydrogens is 264 g/mol. The van der Waals surface area contributed by atoms with Crippen LogP contribution in [0.15, 0.2) is 24.3 Å². The molecule has 0 heterocycles. The minimum Gasteiger partial charge on any atom is -0.480 e. The van der Waals surface area contributed by atoms with Crippen molar-refractivity contribution in [1.82, 2.24) is 4.90 Å². The van der Waals surface area contributed by atoms with Crippen molar-refractivity contribution in [1.29, 1.82) is 0 Å². The third kappa shape index (κ3) is 5.49. The molecule has 0 radical (unpaired) electrons. The van der Waals surface area contributed by atoms with Gasteiger partial charge in [0.2, 0.25) is 0 Å². The van der Waals surface area contributed by atoms with Crippen molar-refractivity contribution < 1.29 is 9.90 Å². The van der Waals surface area contributed by atoms with Gasteiger partial charge in [0.1, 0.15) is 6.54 Å². The first-order valence-electron chi connectivity index (χ1n) is 6.51. The van der Waals surface area contributed by atoms with Crippen molar-refractivity contribution >= 4 is 23.3 Å². The highest BCUT2D eigenvalue weighted by Crippen LogP contribution is 2.17. The summed E-state index contributed by atoms with van der Waals surface area (Å²) in [6.07, 6.45) is 0. The van der Waals surface area contributed by atoms with E-state index in [0.29, 0.717) is 11.6 Å². The van der Waals surface area contributed by atoms with E-state index < -0.39 is 5.97 Å². The first-order chi connectivity index (χ1) is 9.06. The number of likely N-dealkylation sites (N-methyl/N-ethyl adjacent to an activating group) is 1. The van der Waals surface area contributed by atoms with Gasteiger partial charge in [-0.3, -0.25) is 4.79 Å². The van der Waals surface area contributed by atoms with Crippen LogP contribution in [-0.4, -0.2) is 48.7 Å². The molecule has 106 valence electrons. The zero-order chi connectivity index (χ0) is 14.3. The number of carbonyl (C=O) groups is 1. The molecule has 0 aliphatic heterocycles. The number of hydrogen-bond acceptors (Lipinski definition) is 3. The van der Waals surface area contributed by atoms with Crippen LogP contribution in [-0.2, 0) is 4.79 Å². The Bertz CT molecular complexity index is 391. The van der Waals surface area contributed by atoms with E-state index in [9.17, 15) is 4.79 Å². The molecule has 1 N–H and O–H groups in total. The summed E-state index contributed by atoms with van der Waals surface area (Å²) in [4.78, 5) is 15.1. The van der Waals surface area contributed by atoms with Crippen LogP contribution in [0.3, 0.4) is 0 Å². The lowest BCUT2D eigenvalue weighted by molar-refractivity contribution is -0.135. The Labute approximate surface area is 119 Å². The summed E-state index contributed by atoms with van der Waals surface area (Å²) in [5.74, 6) is -0.825. The average Bonchev–Trinajstić information content (AvgIpc) is 2.39. The van der Waals surface area contributed by atoms with Crippen LogP contribution in [0, 0.1) is 0 Å². The zero-order valence-corrected chi connectivity index (χ0v) is 12.2. The molecule has 0 aromatic heterocycles. The van der Waals surface area contributed by atoms with Crippen LogP contribution in [0.5, 0.6) is 0 Å². The summed E-state index contributed by atoms with van der Waals surface area (Å²) in [6.45, 7) is 7.69. The number of hydrogen-bond donors (Lipinski definition) is 1. The van der Waals surface area contributed by atoms with Crippen LogP contribution in [0.2, 0.25) is 5.02 Å². The third-order valence-electron chi connectivity index (χ3n) is 3.10. The zero-order valence-electron chi connectivity index (χ0n) is 11.5. The highest BCUT2D eigenvalue weighted by atomic mass is 35.5. The summed E-state index contributed by atoms with van der Waals surface area (Å²) in [5.41, 5.74) is 0.888. The largest absolute Gasteiger partial charge is 0.480 e. The molecule has 4 nitrogen and oxygen atoms in total. The lowest BCUT2D eigenvalue weighted by Gasteiger charge is -2.26. The number of carboxylic acid groups (broad SMARTS) is 1. The second-order valence-electron chi connectivity index (χ2n) is 4.32. The van der Waals surface area contributed by atoms with Gasteiger partial charge in [-0.05, 0) is 37.4 Å². The molecular formula is C14H21ClN2O2. The second-order valence-corrected chi connectivity index (χ2v) is 4.76. The van der Waals surface area contributed by atoms with Crippen molar-refractivity contribution in [3.8, 4) is 0 Å². The van der Waals surface area contributed by atoms with Crippen molar-refractivity contribution in [2.45, 2.75) is 13.8 Å². The highest BCUT2D eigenvalue weighted by molar-refractivity contribution is 6.30. The third-order valence-corrected chi connectivity index (χ3v) is 3.35. The molecule has 0 saturated heterocycles. The predicted octanol–water partition coefficient (Wildman–Crippen LogP) is 2.57.